The summed E-state index contributed by atoms with van der Waals surface area (Å²) in [6.45, 7) is 0. The van der Waals surface area contributed by atoms with E-state index in [4.69, 9.17) is 0 Å². The molecule has 0 aliphatic rings. The van der Waals surface area contributed by atoms with Gasteiger partial charge in [0.25, 0.3) is 0 Å². The number of benzene rings is 10. The van der Waals surface area contributed by atoms with Gasteiger partial charge in [-0.25, -0.2) is 0 Å². The molecule has 238 valence electrons. The van der Waals surface area contributed by atoms with Crippen LogP contribution < -0.4 is 4.90 Å². The molecule has 0 N–H and O–H groups in total. The van der Waals surface area contributed by atoms with Gasteiger partial charge < -0.3 is 4.90 Å². The van der Waals surface area contributed by atoms with Crippen molar-refractivity contribution in [3.63, 3.8) is 0 Å². The van der Waals surface area contributed by atoms with E-state index in [0.717, 1.165) is 11.4 Å². The average Bonchev–Trinajstić information content (AvgIpc) is 3.21. The molecule has 51 heavy (non-hydrogen) atoms. The van der Waals surface area contributed by atoms with Crippen molar-refractivity contribution >= 4 is 70.9 Å². The Hall–Kier alpha value is -6.70. The number of hydrogen-bond donors (Lipinski definition) is 0. The van der Waals surface area contributed by atoms with Crippen LogP contribution in [-0.2, 0) is 0 Å². The van der Waals surface area contributed by atoms with E-state index in [1.54, 1.807) is 0 Å². The van der Waals surface area contributed by atoms with Gasteiger partial charge in [0.05, 0.1) is 11.4 Å². The molecule has 0 heterocycles. The zero-order valence-electron chi connectivity index (χ0n) is 28.0. The normalized spacial score (nSPS) is 11.5. The molecule has 0 bridgehead atoms. The number of fused-ring (bicyclic) bond motifs is 6. The van der Waals surface area contributed by atoms with Crippen LogP contribution in [0.25, 0.3) is 76.1 Å². The topological polar surface area (TPSA) is 3.24 Å². The summed E-state index contributed by atoms with van der Waals surface area (Å²) in [7, 11) is 0. The van der Waals surface area contributed by atoms with Crippen LogP contribution >= 0.6 is 0 Å². The molecule has 0 aliphatic carbocycles. The van der Waals surface area contributed by atoms with E-state index in [1.807, 2.05) is 0 Å². The Morgan fingerprint density at radius 3 is 1.55 bits per heavy atom. The second-order valence-electron chi connectivity index (χ2n) is 13.3. The molecule has 0 radical (unpaired) electrons. The minimum atomic E-state index is 1.11. The van der Waals surface area contributed by atoms with Gasteiger partial charge in [-0.15, -0.1) is 0 Å². The van der Waals surface area contributed by atoms with Gasteiger partial charge in [0.1, 0.15) is 0 Å². The standard InChI is InChI=1S/C50H33N/c1-2-16-38-33-39(28-27-34(38)13-1)49-46-23-9-7-21-44(46)45-22-8-10-24-47(45)50(49)51(48-26-12-18-36-15-4-6-20-43(36)48)40-31-29-37(30-32-40)42-25-11-17-35-14-3-5-19-41(35)42/h1-33H. The average molecular weight is 648 g/mol. The fraction of sp³-hybridized carbons (Fsp3) is 0. The summed E-state index contributed by atoms with van der Waals surface area (Å²) < 4.78 is 0. The van der Waals surface area contributed by atoms with Gasteiger partial charge in [-0.3, -0.25) is 0 Å². The third kappa shape index (κ3) is 4.86. The molecule has 0 unspecified atom stereocenters. The Balaban J connectivity index is 1.31. The predicted molar refractivity (Wildman–Crippen MR) is 220 cm³/mol. The van der Waals surface area contributed by atoms with Gasteiger partial charge in [-0.05, 0) is 84.0 Å². The minimum absolute atomic E-state index is 1.11. The molecule has 0 amide bonds. The quantitative estimate of drug-likeness (QED) is 0.168. The van der Waals surface area contributed by atoms with Crippen LogP contribution in [0, 0.1) is 0 Å². The molecule has 0 aliphatic heterocycles. The summed E-state index contributed by atoms with van der Waals surface area (Å²) in [5.74, 6) is 0. The number of hydrogen-bond acceptors (Lipinski definition) is 1. The first kappa shape index (κ1) is 29.2. The Kier molecular flexibility index (Phi) is 6.89. The van der Waals surface area contributed by atoms with E-state index in [1.165, 1.54) is 81.8 Å². The van der Waals surface area contributed by atoms with Gasteiger partial charge in [-0.1, -0.05) is 176 Å². The molecule has 10 rings (SSSR count). The van der Waals surface area contributed by atoms with Crippen molar-refractivity contribution < 1.29 is 0 Å². The highest BCUT2D eigenvalue weighted by Crippen LogP contribution is 2.51. The molecule has 0 fully saturated rings. The van der Waals surface area contributed by atoms with Crippen LogP contribution in [0.3, 0.4) is 0 Å². The number of nitrogens with zero attached hydrogens (tertiary/aromatic N) is 1. The fourth-order valence-electron chi connectivity index (χ4n) is 8.05. The zero-order valence-corrected chi connectivity index (χ0v) is 28.0. The molecule has 0 atom stereocenters. The Bertz CT molecular complexity index is 2910. The Morgan fingerprint density at radius 2 is 0.804 bits per heavy atom. The van der Waals surface area contributed by atoms with Crippen LogP contribution in [0.15, 0.2) is 200 Å². The maximum atomic E-state index is 2.51. The fourth-order valence-corrected chi connectivity index (χ4v) is 8.05. The highest BCUT2D eigenvalue weighted by Gasteiger charge is 2.25. The van der Waals surface area contributed by atoms with Crippen molar-refractivity contribution in [2.24, 2.45) is 0 Å². The predicted octanol–water partition coefficient (Wildman–Crippen LogP) is 14.3. The molecular formula is C50H33N. The molecule has 0 saturated heterocycles. The van der Waals surface area contributed by atoms with E-state index in [2.05, 4.69) is 205 Å². The van der Waals surface area contributed by atoms with E-state index in [0.29, 0.717) is 0 Å². The summed E-state index contributed by atoms with van der Waals surface area (Å²) in [5, 5.41) is 12.3. The lowest BCUT2D eigenvalue weighted by Crippen LogP contribution is -2.13. The van der Waals surface area contributed by atoms with E-state index >= 15 is 0 Å². The van der Waals surface area contributed by atoms with Crippen molar-refractivity contribution in [2.45, 2.75) is 0 Å². The molecule has 10 aromatic rings. The van der Waals surface area contributed by atoms with E-state index in [-0.39, 0.29) is 0 Å². The highest BCUT2D eigenvalue weighted by atomic mass is 15.1. The summed E-state index contributed by atoms with van der Waals surface area (Å²) >= 11 is 0. The van der Waals surface area contributed by atoms with Crippen molar-refractivity contribution in [1.29, 1.82) is 0 Å². The van der Waals surface area contributed by atoms with Gasteiger partial charge in [0, 0.05) is 22.0 Å². The molecule has 1 heteroatoms. The third-order valence-electron chi connectivity index (χ3n) is 10.4. The molecule has 10 aromatic carbocycles. The van der Waals surface area contributed by atoms with Crippen LogP contribution in [0.5, 0.6) is 0 Å². The van der Waals surface area contributed by atoms with Crippen LogP contribution in [0.4, 0.5) is 17.1 Å². The lowest BCUT2D eigenvalue weighted by Gasteiger charge is -2.31. The SMILES string of the molecule is c1ccc2cc(-c3c(N(c4ccc(-c5cccc6ccccc56)cc4)c4cccc5ccccc45)c4ccccc4c4ccccc34)ccc2c1. The zero-order chi connectivity index (χ0) is 33.7. The smallest absolute Gasteiger partial charge is 0.0625 e. The van der Waals surface area contributed by atoms with Gasteiger partial charge in [0.2, 0.25) is 0 Å². The maximum Gasteiger partial charge on any atom is 0.0625 e. The number of anilines is 3. The second-order valence-corrected chi connectivity index (χ2v) is 13.3. The molecule has 0 spiro atoms. The van der Waals surface area contributed by atoms with Gasteiger partial charge >= 0.3 is 0 Å². The van der Waals surface area contributed by atoms with Crippen molar-refractivity contribution in [3.8, 4) is 22.3 Å². The Labute approximate surface area is 297 Å². The summed E-state index contributed by atoms with van der Waals surface area (Å²) in [6, 6.07) is 73.2. The van der Waals surface area contributed by atoms with Crippen molar-refractivity contribution in [1.82, 2.24) is 0 Å². The first-order valence-electron chi connectivity index (χ1n) is 17.6. The van der Waals surface area contributed by atoms with E-state index < -0.39 is 0 Å². The van der Waals surface area contributed by atoms with E-state index in [9.17, 15) is 0 Å². The maximum absolute atomic E-state index is 2.51. The summed E-state index contributed by atoms with van der Waals surface area (Å²) in [4.78, 5) is 2.51. The third-order valence-corrected chi connectivity index (χ3v) is 10.4. The lowest BCUT2D eigenvalue weighted by molar-refractivity contribution is 1.32. The minimum Gasteiger partial charge on any atom is -0.309 e. The summed E-state index contributed by atoms with van der Waals surface area (Å²) in [5.41, 5.74) is 8.29. The van der Waals surface area contributed by atoms with Crippen molar-refractivity contribution in [3.05, 3.63) is 200 Å². The van der Waals surface area contributed by atoms with Crippen LogP contribution in [0.2, 0.25) is 0 Å². The molecule has 0 aromatic heterocycles. The molecular weight excluding hydrogens is 615 g/mol. The first-order valence-corrected chi connectivity index (χ1v) is 17.6. The van der Waals surface area contributed by atoms with Crippen molar-refractivity contribution in [2.75, 3.05) is 4.90 Å². The summed E-state index contributed by atoms with van der Waals surface area (Å²) in [6.07, 6.45) is 0. The van der Waals surface area contributed by atoms with Gasteiger partial charge in [-0.2, -0.15) is 0 Å². The van der Waals surface area contributed by atoms with Crippen LogP contribution in [-0.4, -0.2) is 0 Å². The van der Waals surface area contributed by atoms with Crippen LogP contribution in [0.1, 0.15) is 0 Å². The largest absolute Gasteiger partial charge is 0.309 e. The highest BCUT2D eigenvalue weighted by molar-refractivity contribution is 6.23. The molecule has 0 saturated carbocycles. The monoisotopic (exact) mass is 647 g/mol. The number of rotatable bonds is 5. The Morgan fingerprint density at radius 1 is 0.294 bits per heavy atom. The first-order chi connectivity index (χ1) is 25.3. The molecule has 1 nitrogen and oxygen atoms in total. The lowest BCUT2D eigenvalue weighted by atomic mass is 9.89. The second kappa shape index (κ2) is 12.0. The van der Waals surface area contributed by atoms with Gasteiger partial charge in [0.15, 0.2) is 0 Å².